The molecule has 0 saturated carbocycles. The molecule has 1 aromatic rings. The highest BCUT2D eigenvalue weighted by Gasteiger charge is 2.08. The Balaban J connectivity index is 2.48. The van der Waals surface area contributed by atoms with E-state index in [4.69, 9.17) is 0 Å². The summed E-state index contributed by atoms with van der Waals surface area (Å²) in [6.45, 7) is 2.99. The van der Waals surface area contributed by atoms with E-state index in [1.165, 1.54) is 0 Å². The van der Waals surface area contributed by atoms with Crippen LogP contribution in [0.5, 0.6) is 0 Å². The summed E-state index contributed by atoms with van der Waals surface area (Å²) < 4.78 is 0. The lowest BCUT2D eigenvalue weighted by Crippen LogP contribution is -2.33. The molecule has 0 radical (unpaired) electrons. The molecule has 0 aliphatic carbocycles. The van der Waals surface area contributed by atoms with E-state index in [2.05, 4.69) is 10.3 Å². The van der Waals surface area contributed by atoms with Crippen LogP contribution in [0, 0.1) is 6.92 Å². The lowest BCUT2D eigenvalue weighted by Gasteiger charge is -2.15. The molecule has 0 aromatic carbocycles. The minimum Gasteiger partial charge on any atom is -0.339 e. The second-order valence-electron chi connectivity index (χ2n) is 3.13. The average Bonchev–Trinajstić information content (AvgIpc) is 2.51. The number of carbonyl (C=O) groups is 1. The molecule has 1 amide bonds. The quantitative estimate of drug-likeness (QED) is 0.798. The molecule has 1 aromatic heterocycles. The number of amides is 1. The molecular weight excluding hydrogens is 198 g/mol. The van der Waals surface area contributed by atoms with Crippen molar-refractivity contribution >= 4 is 17.2 Å². The summed E-state index contributed by atoms with van der Waals surface area (Å²) in [5.41, 5.74) is 0. The molecule has 1 N–H and O–H groups in total. The third-order valence-corrected chi connectivity index (χ3v) is 2.71. The summed E-state index contributed by atoms with van der Waals surface area (Å²) in [5, 5.41) is 3.87. The predicted octanol–water partition coefficient (Wildman–Crippen LogP) is 0.629. The highest BCUT2D eigenvalue weighted by Crippen LogP contribution is 2.13. The van der Waals surface area contributed by atoms with Crippen LogP contribution in [0.3, 0.4) is 0 Å². The minimum atomic E-state index is 0.0959. The Bertz CT molecular complexity index is 311. The van der Waals surface area contributed by atoms with Crippen molar-refractivity contribution in [3.63, 3.8) is 0 Å². The maximum Gasteiger partial charge on any atom is 0.236 e. The van der Waals surface area contributed by atoms with Gasteiger partial charge in [-0.1, -0.05) is 0 Å². The van der Waals surface area contributed by atoms with Crippen molar-refractivity contribution in [3.05, 3.63) is 16.1 Å². The zero-order valence-corrected chi connectivity index (χ0v) is 9.52. The normalized spacial score (nSPS) is 10.2. The number of thiazole rings is 1. The summed E-state index contributed by atoms with van der Waals surface area (Å²) in [5.74, 6) is 0.0959. The largest absolute Gasteiger partial charge is 0.339 e. The fourth-order valence-corrected chi connectivity index (χ4v) is 1.94. The summed E-state index contributed by atoms with van der Waals surface area (Å²) in [6.07, 6.45) is 1.82. The molecule has 0 bridgehead atoms. The smallest absolute Gasteiger partial charge is 0.236 e. The number of rotatable bonds is 4. The standard InChI is InChI=1S/C9H15N3OS/c1-7-11-4-8(14-7)6-12(3)9(13)5-10-2/h4,10H,5-6H2,1-3H3. The molecule has 0 aliphatic heterocycles. The Labute approximate surface area is 88.0 Å². The van der Waals surface area contributed by atoms with Gasteiger partial charge in [0.15, 0.2) is 0 Å². The van der Waals surface area contributed by atoms with E-state index in [0.717, 1.165) is 9.88 Å². The number of nitrogens with one attached hydrogen (secondary N) is 1. The zero-order chi connectivity index (χ0) is 10.6. The molecule has 0 spiro atoms. The molecule has 0 atom stereocenters. The van der Waals surface area contributed by atoms with Crippen LogP contribution in [0.2, 0.25) is 0 Å². The van der Waals surface area contributed by atoms with E-state index >= 15 is 0 Å². The van der Waals surface area contributed by atoms with E-state index in [-0.39, 0.29) is 5.91 Å². The first-order valence-corrected chi connectivity index (χ1v) is 5.25. The van der Waals surface area contributed by atoms with Crippen molar-refractivity contribution in [2.45, 2.75) is 13.5 Å². The summed E-state index contributed by atoms with van der Waals surface area (Å²) >= 11 is 1.63. The number of likely N-dealkylation sites (N-methyl/N-ethyl adjacent to an activating group) is 2. The Kier molecular flexibility index (Phi) is 4.03. The maximum atomic E-state index is 11.4. The fraction of sp³-hybridized carbons (Fsp3) is 0.556. The number of nitrogens with zero attached hydrogens (tertiary/aromatic N) is 2. The average molecular weight is 213 g/mol. The van der Waals surface area contributed by atoms with E-state index < -0.39 is 0 Å². The maximum absolute atomic E-state index is 11.4. The number of hydrogen-bond donors (Lipinski definition) is 1. The van der Waals surface area contributed by atoms with E-state index in [1.807, 2.05) is 13.1 Å². The second-order valence-corrected chi connectivity index (χ2v) is 4.45. The first-order valence-electron chi connectivity index (χ1n) is 4.43. The van der Waals surface area contributed by atoms with Crippen LogP contribution < -0.4 is 5.32 Å². The lowest BCUT2D eigenvalue weighted by atomic mass is 10.4. The Hall–Kier alpha value is -0.940. The highest BCUT2D eigenvalue weighted by atomic mass is 32.1. The van der Waals surface area contributed by atoms with Gasteiger partial charge in [0.1, 0.15) is 0 Å². The van der Waals surface area contributed by atoms with Crippen molar-refractivity contribution in [1.82, 2.24) is 15.2 Å². The van der Waals surface area contributed by atoms with Crippen molar-refractivity contribution in [1.29, 1.82) is 0 Å². The van der Waals surface area contributed by atoms with E-state index in [1.54, 1.807) is 30.3 Å². The molecular formula is C9H15N3OS. The summed E-state index contributed by atoms with van der Waals surface area (Å²) in [6, 6.07) is 0. The molecule has 0 saturated heterocycles. The van der Waals surface area contributed by atoms with Gasteiger partial charge < -0.3 is 10.2 Å². The number of aromatic nitrogens is 1. The SMILES string of the molecule is CNCC(=O)N(C)Cc1cnc(C)s1. The number of carbonyl (C=O) groups excluding carboxylic acids is 1. The molecule has 1 heterocycles. The predicted molar refractivity (Wildman–Crippen MR) is 57.3 cm³/mol. The zero-order valence-electron chi connectivity index (χ0n) is 8.70. The molecule has 78 valence electrons. The second kappa shape index (κ2) is 5.07. The number of aryl methyl sites for hydroxylation is 1. The van der Waals surface area contributed by atoms with Crippen LogP contribution in [0.4, 0.5) is 0 Å². The Morgan fingerprint density at radius 2 is 2.43 bits per heavy atom. The van der Waals surface area contributed by atoms with Gasteiger partial charge in [-0.25, -0.2) is 4.98 Å². The van der Waals surface area contributed by atoms with E-state index in [0.29, 0.717) is 13.1 Å². The first-order chi connectivity index (χ1) is 6.63. The summed E-state index contributed by atoms with van der Waals surface area (Å²) in [4.78, 5) is 18.4. The van der Waals surface area contributed by atoms with Crippen molar-refractivity contribution in [2.24, 2.45) is 0 Å². The van der Waals surface area contributed by atoms with Crippen LogP contribution in [0.1, 0.15) is 9.88 Å². The number of hydrogen-bond acceptors (Lipinski definition) is 4. The van der Waals surface area contributed by atoms with Gasteiger partial charge in [-0.2, -0.15) is 0 Å². The lowest BCUT2D eigenvalue weighted by molar-refractivity contribution is -0.129. The molecule has 5 heteroatoms. The molecule has 0 aliphatic rings. The van der Waals surface area contributed by atoms with Gasteiger partial charge in [0.2, 0.25) is 5.91 Å². The van der Waals surface area contributed by atoms with Crippen molar-refractivity contribution in [2.75, 3.05) is 20.6 Å². The molecule has 0 fully saturated rings. The Morgan fingerprint density at radius 3 is 2.93 bits per heavy atom. The van der Waals surface area contributed by atoms with Crippen LogP contribution in [0.15, 0.2) is 6.20 Å². The third kappa shape index (κ3) is 3.08. The van der Waals surface area contributed by atoms with Gasteiger partial charge in [-0.15, -0.1) is 11.3 Å². The molecule has 4 nitrogen and oxygen atoms in total. The van der Waals surface area contributed by atoms with Gasteiger partial charge in [0, 0.05) is 18.1 Å². The van der Waals surface area contributed by atoms with Crippen LogP contribution in [-0.2, 0) is 11.3 Å². The highest BCUT2D eigenvalue weighted by molar-refractivity contribution is 7.11. The van der Waals surface area contributed by atoms with Crippen LogP contribution >= 0.6 is 11.3 Å². The van der Waals surface area contributed by atoms with Gasteiger partial charge in [-0.05, 0) is 14.0 Å². The molecule has 1 rings (SSSR count). The minimum absolute atomic E-state index is 0.0959. The van der Waals surface area contributed by atoms with Gasteiger partial charge >= 0.3 is 0 Å². The van der Waals surface area contributed by atoms with Gasteiger partial charge in [0.05, 0.1) is 18.1 Å². The van der Waals surface area contributed by atoms with Crippen LogP contribution in [0.25, 0.3) is 0 Å². The Morgan fingerprint density at radius 1 is 1.71 bits per heavy atom. The first kappa shape index (κ1) is 11.1. The van der Waals surface area contributed by atoms with Crippen molar-refractivity contribution < 1.29 is 4.79 Å². The fourth-order valence-electron chi connectivity index (χ4n) is 1.09. The topological polar surface area (TPSA) is 45.2 Å². The van der Waals surface area contributed by atoms with Gasteiger partial charge in [0.25, 0.3) is 0 Å². The van der Waals surface area contributed by atoms with E-state index in [9.17, 15) is 4.79 Å². The molecule has 14 heavy (non-hydrogen) atoms. The monoisotopic (exact) mass is 213 g/mol. The van der Waals surface area contributed by atoms with Crippen LogP contribution in [-0.4, -0.2) is 36.4 Å². The van der Waals surface area contributed by atoms with Crippen molar-refractivity contribution in [3.8, 4) is 0 Å². The summed E-state index contributed by atoms with van der Waals surface area (Å²) in [7, 11) is 3.57. The third-order valence-electron chi connectivity index (χ3n) is 1.82. The molecule has 0 unspecified atom stereocenters. The van der Waals surface area contributed by atoms with Gasteiger partial charge in [-0.3, -0.25) is 4.79 Å².